The number of halogens is 1. The van der Waals surface area contributed by atoms with Gasteiger partial charge >= 0.3 is 0 Å². The first-order valence-electron chi connectivity index (χ1n) is 10.3. The number of carbonyl (C=O) groups excluding carboxylic acids is 1. The third-order valence-electron chi connectivity index (χ3n) is 5.52. The highest BCUT2D eigenvalue weighted by molar-refractivity contribution is 5.92. The van der Waals surface area contributed by atoms with Crippen LogP contribution in [0.2, 0.25) is 0 Å². The number of rotatable bonds is 7. The maximum atomic E-state index is 13.1. The largest absolute Gasteiger partial charge is 0.478 e. The van der Waals surface area contributed by atoms with Crippen LogP contribution in [0.15, 0.2) is 36.4 Å². The lowest BCUT2D eigenvalue weighted by atomic mass is 10.1. The number of amides is 1. The molecule has 7 heteroatoms. The van der Waals surface area contributed by atoms with Crippen LogP contribution in [0.4, 0.5) is 15.9 Å². The predicted molar refractivity (Wildman–Crippen MR) is 111 cm³/mol. The summed E-state index contributed by atoms with van der Waals surface area (Å²) in [6, 6.07) is 10.6. The van der Waals surface area contributed by atoms with E-state index in [0.29, 0.717) is 24.7 Å². The fourth-order valence-electron chi connectivity index (χ4n) is 3.80. The van der Waals surface area contributed by atoms with Gasteiger partial charge in [0, 0.05) is 44.4 Å². The van der Waals surface area contributed by atoms with Gasteiger partial charge in [-0.1, -0.05) is 0 Å². The average molecular weight is 398 g/mol. The minimum absolute atomic E-state index is 0.0154. The molecule has 0 bridgehead atoms. The Hall–Kier alpha value is -2.67. The summed E-state index contributed by atoms with van der Waals surface area (Å²) >= 11 is 0. The Morgan fingerprint density at radius 1 is 1.00 bits per heavy atom. The molecule has 6 nitrogen and oxygen atoms in total. The van der Waals surface area contributed by atoms with Crippen LogP contribution in [0.25, 0.3) is 0 Å². The van der Waals surface area contributed by atoms with Crippen molar-refractivity contribution in [3.05, 3.63) is 47.8 Å². The van der Waals surface area contributed by atoms with E-state index < -0.39 is 0 Å². The molecule has 0 saturated carbocycles. The number of hydrogen-bond acceptors (Lipinski definition) is 5. The Morgan fingerprint density at radius 2 is 1.79 bits per heavy atom. The number of anilines is 2. The zero-order valence-electron chi connectivity index (χ0n) is 16.6. The van der Waals surface area contributed by atoms with Crippen molar-refractivity contribution >= 4 is 17.4 Å². The normalized spacial score (nSPS) is 17.0. The summed E-state index contributed by atoms with van der Waals surface area (Å²) in [5, 5.41) is 2.80. The van der Waals surface area contributed by atoms with Crippen LogP contribution in [0.3, 0.4) is 0 Å². The molecule has 0 unspecified atom stereocenters. The number of hydrogen-bond donors (Lipinski definition) is 1. The van der Waals surface area contributed by atoms with Gasteiger partial charge in [-0.15, -0.1) is 0 Å². The zero-order chi connectivity index (χ0) is 20.1. The highest BCUT2D eigenvalue weighted by atomic mass is 19.1. The van der Waals surface area contributed by atoms with Gasteiger partial charge in [-0.3, -0.25) is 9.69 Å². The summed E-state index contributed by atoms with van der Waals surface area (Å²) in [6.07, 6.45) is 3.29. The molecule has 1 aromatic heterocycles. The summed E-state index contributed by atoms with van der Waals surface area (Å²) in [5.41, 5.74) is 2.16. The summed E-state index contributed by atoms with van der Waals surface area (Å²) < 4.78 is 18.8. The molecule has 0 atom stereocenters. The molecule has 0 spiro atoms. The van der Waals surface area contributed by atoms with Crippen LogP contribution in [0.5, 0.6) is 5.88 Å². The minimum atomic E-state index is -0.190. The number of pyridine rings is 1. The summed E-state index contributed by atoms with van der Waals surface area (Å²) in [4.78, 5) is 20.7. The van der Waals surface area contributed by atoms with Gasteiger partial charge in [-0.05, 0) is 61.7 Å². The van der Waals surface area contributed by atoms with Crippen molar-refractivity contribution in [2.24, 2.45) is 0 Å². The monoisotopic (exact) mass is 398 g/mol. The number of piperazine rings is 1. The van der Waals surface area contributed by atoms with Gasteiger partial charge in [0.1, 0.15) is 11.6 Å². The molecule has 1 saturated heterocycles. The standard InChI is InChI=1S/C22H27FN4O2/c23-18-5-7-19(8-6-18)27-14-12-26(13-15-27)11-1-2-16-29-21-10-4-17-3-9-20(28)24-22(17)25-21/h4-8,10H,1-3,9,11-16H2,(H,24,25,28). The molecule has 154 valence electrons. The van der Waals surface area contributed by atoms with Crippen LogP contribution < -0.4 is 15.0 Å². The molecule has 0 radical (unpaired) electrons. The molecular weight excluding hydrogens is 371 g/mol. The van der Waals surface area contributed by atoms with Crippen LogP contribution in [-0.4, -0.2) is 55.1 Å². The van der Waals surface area contributed by atoms with Gasteiger partial charge < -0.3 is 15.0 Å². The van der Waals surface area contributed by atoms with Crippen LogP contribution >= 0.6 is 0 Å². The van der Waals surface area contributed by atoms with E-state index in [1.807, 2.05) is 24.3 Å². The van der Waals surface area contributed by atoms with Gasteiger partial charge in [-0.25, -0.2) is 4.39 Å². The molecule has 2 aromatic rings. The first-order chi connectivity index (χ1) is 14.2. The zero-order valence-corrected chi connectivity index (χ0v) is 16.6. The Bertz CT molecular complexity index is 835. The third kappa shape index (κ3) is 5.23. The first kappa shape index (κ1) is 19.6. The van der Waals surface area contributed by atoms with Gasteiger partial charge in [0.05, 0.1) is 6.61 Å². The number of aromatic nitrogens is 1. The van der Waals surface area contributed by atoms with Crippen molar-refractivity contribution in [3.8, 4) is 5.88 Å². The Morgan fingerprint density at radius 3 is 2.59 bits per heavy atom. The molecular formula is C22H27FN4O2. The highest BCUT2D eigenvalue weighted by Crippen LogP contribution is 2.23. The summed E-state index contributed by atoms with van der Waals surface area (Å²) in [5.74, 6) is 1.03. The maximum Gasteiger partial charge on any atom is 0.225 e. The van der Waals surface area contributed by atoms with Gasteiger partial charge in [0.25, 0.3) is 0 Å². The van der Waals surface area contributed by atoms with E-state index in [9.17, 15) is 9.18 Å². The topological polar surface area (TPSA) is 57.7 Å². The van der Waals surface area contributed by atoms with Crippen LogP contribution in [-0.2, 0) is 11.2 Å². The van der Waals surface area contributed by atoms with Crippen molar-refractivity contribution in [2.45, 2.75) is 25.7 Å². The van der Waals surface area contributed by atoms with E-state index >= 15 is 0 Å². The van der Waals surface area contributed by atoms with Crippen molar-refractivity contribution in [2.75, 3.05) is 49.5 Å². The lowest BCUT2D eigenvalue weighted by molar-refractivity contribution is -0.116. The van der Waals surface area contributed by atoms with Crippen LogP contribution in [0.1, 0.15) is 24.8 Å². The number of nitrogens with one attached hydrogen (secondary N) is 1. The second-order valence-corrected chi connectivity index (χ2v) is 7.57. The highest BCUT2D eigenvalue weighted by Gasteiger charge is 2.18. The summed E-state index contributed by atoms with van der Waals surface area (Å²) in [6.45, 7) is 5.64. The molecule has 1 fully saturated rings. The number of fused-ring (bicyclic) bond motifs is 1. The second kappa shape index (κ2) is 9.22. The molecule has 1 N–H and O–H groups in total. The lowest BCUT2D eigenvalue weighted by Crippen LogP contribution is -2.46. The van der Waals surface area contributed by atoms with E-state index in [1.165, 1.54) is 12.1 Å². The third-order valence-corrected chi connectivity index (χ3v) is 5.52. The number of aryl methyl sites for hydroxylation is 1. The number of benzene rings is 1. The molecule has 29 heavy (non-hydrogen) atoms. The van der Waals surface area contributed by atoms with Gasteiger partial charge in [0.2, 0.25) is 11.8 Å². The van der Waals surface area contributed by atoms with Gasteiger partial charge in [-0.2, -0.15) is 4.98 Å². The molecule has 2 aliphatic rings. The molecule has 0 aliphatic carbocycles. The maximum absolute atomic E-state index is 13.1. The second-order valence-electron chi connectivity index (χ2n) is 7.57. The fourth-order valence-corrected chi connectivity index (χ4v) is 3.80. The molecule has 2 aliphatic heterocycles. The quantitative estimate of drug-likeness (QED) is 0.727. The van der Waals surface area contributed by atoms with E-state index in [1.54, 1.807) is 0 Å². The van der Waals surface area contributed by atoms with E-state index in [-0.39, 0.29) is 11.7 Å². The molecule has 3 heterocycles. The van der Waals surface area contributed by atoms with Gasteiger partial charge in [0.15, 0.2) is 0 Å². The fraction of sp³-hybridized carbons (Fsp3) is 0.455. The number of ether oxygens (including phenoxy) is 1. The van der Waals surface area contributed by atoms with Crippen molar-refractivity contribution in [1.29, 1.82) is 0 Å². The summed E-state index contributed by atoms with van der Waals surface area (Å²) in [7, 11) is 0. The Kier molecular flexibility index (Phi) is 6.24. The van der Waals surface area contributed by atoms with E-state index in [0.717, 1.165) is 63.2 Å². The number of unbranched alkanes of at least 4 members (excludes halogenated alkanes) is 1. The number of nitrogens with zero attached hydrogens (tertiary/aromatic N) is 3. The lowest BCUT2D eigenvalue weighted by Gasteiger charge is -2.36. The smallest absolute Gasteiger partial charge is 0.225 e. The van der Waals surface area contributed by atoms with E-state index in [4.69, 9.17) is 4.74 Å². The molecule has 4 rings (SSSR count). The van der Waals surface area contributed by atoms with Crippen molar-refractivity contribution < 1.29 is 13.9 Å². The molecule has 1 amide bonds. The molecule has 1 aromatic carbocycles. The predicted octanol–water partition coefficient (Wildman–Crippen LogP) is 3.09. The van der Waals surface area contributed by atoms with Crippen molar-refractivity contribution in [1.82, 2.24) is 9.88 Å². The minimum Gasteiger partial charge on any atom is -0.478 e. The Labute approximate surface area is 170 Å². The van der Waals surface area contributed by atoms with Crippen molar-refractivity contribution in [3.63, 3.8) is 0 Å². The number of carbonyl (C=O) groups is 1. The Balaban J connectivity index is 1.13. The van der Waals surface area contributed by atoms with Crippen LogP contribution in [0, 0.1) is 5.82 Å². The average Bonchev–Trinajstić information content (AvgIpc) is 2.74. The first-order valence-corrected chi connectivity index (χ1v) is 10.3. The van der Waals surface area contributed by atoms with E-state index in [2.05, 4.69) is 20.1 Å². The SMILES string of the molecule is O=C1CCc2ccc(OCCCCN3CCN(c4ccc(F)cc4)CC3)nc2N1.